The number of benzene rings is 1. The molecule has 0 saturated heterocycles. The molecule has 1 fully saturated rings. The largest absolute Gasteiger partial charge is 0.392 e. The lowest BCUT2D eigenvalue weighted by Gasteiger charge is -2.31. The molecule has 2 rings (SSSR count). The van der Waals surface area contributed by atoms with Crippen molar-refractivity contribution in [3.63, 3.8) is 0 Å². The Morgan fingerprint density at radius 3 is 2.56 bits per heavy atom. The van der Waals surface area contributed by atoms with Gasteiger partial charge in [-0.15, -0.1) is 0 Å². The summed E-state index contributed by atoms with van der Waals surface area (Å²) >= 11 is 0. The average molecular weight is 247 g/mol. The Bertz CT molecular complexity index is 361. The maximum Gasteiger partial charge on any atom is 0.0693 e. The van der Waals surface area contributed by atoms with Gasteiger partial charge in [-0.05, 0) is 51.5 Å². The van der Waals surface area contributed by atoms with E-state index in [0.29, 0.717) is 0 Å². The number of aryl methyl sites for hydroxylation is 1. The monoisotopic (exact) mass is 247 g/mol. The van der Waals surface area contributed by atoms with E-state index in [9.17, 15) is 5.11 Å². The minimum atomic E-state index is -0.152. The second-order valence-corrected chi connectivity index (χ2v) is 6.12. The van der Waals surface area contributed by atoms with Gasteiger partial charge in [-0.2, -0.15) is 0 Å². The van der Waals surface area contributed by atoms with E-state index < -0.39 is 0 Å². The molecule has 1 aromatic carbocycles. The van der Waals surface area contributed by atoms with Gasteiger partial charge in [0, 0.05) is 11.6 Å². The van der Waals surface area contributed by atoms with Gasteiger partial charge in [0.1, 0.15) is 0 Å². The van der Waals surface area contributed by atoms with Crippen molar-refractivity contribution in [2.75, 3.05) is 0 Å². The van der Waals surface area contributed by atoms with Crippen LogP contribution in [-0.2, 0) is 6.42 Å². The van der Waals surface area contributed by atoms with E-state index in [1.165, 1.54) is 5.56 Å². The molecule has 2 atom stereocenters. The Kier molecular flexibility index (Phi) is 4.41. The summed E-state index contributed by atoms with van der Waals surface area (Å²) in [5, 5.41) is 13.5. The fourth-order valence-electron chi connectivity index (χ4n) is 2.78. The summed E-state index contributed by atoms with van der Waals surface area (Å²) in [7, 11) is 0. The number of aliphatic hydroxyl groups is 1. The van der Waals surface area contributed by atoms with E-state index in [-0.39, 0.29) is 17.7 Å². The van der Waals surface area contributed by atoms with Crippen molar-refractivity contribution < 1.29 is 5.11 Å². The van der Waals surface area contributed by atoms with Gasteiger partial charge in [0.2, 0.25) is 0 Å². The SMILES string of the molecule is CC(C)(CCc1ccccc1)N[C@H]1CCC[C@@H]1O. The first-order valence-electron chi connectivity index (χ1n) is 7.06. The van der Waals surface area contributed by atoms with E-state index in [1.807, 2.05) is 0 Å². The van der Waals surface area contributed by atoms with Crippen LogP contribution in [0.1, 0.15) is 45.1 Å². The molecule has 1 saturated carbocycles. The molecular formula is C16H25NO. The van der Waals surface area contributed by atoms with Crippen LogP contribution in [0, 0.1) is 0 Å². The van der Waals surface area contributed by atoms with Crippen molar-refractivity contribution in [1.82, 2.24) is 5.32 Å². The Morgan fingerprint density at radius 2 is 1.94 bits per heavy atom. The normalized spacial score (nSPS) is 24.4. The Morgan fingerprint density at radius 1 is 1.22 bits per heavy atom. The third-order valence-corrected chi connectivity index (χ3v) is 3.94. The van der Waals surface area contributed by atoms with Crippen molar-refractivity contribution in [3.05, 3.63) is 35.9 Å². The summed E-state index contributed by atoms with van der Waals surface area (Å²) in [4.78, 5) is 0. The Hall–Kier alpha value is -0.860. The lowest BCUT2D eigenvalue weighted by Crippen LogP contribution is -2.49. The summed E-state index contributed by atoms with van der Waals surface area (Å²) in [6.07, 6.45) is 5.24. The molecule has 0 heterocycles. The standard InChI is InChI=1S/C16H25NO/c1-16(2,17-14-9-6-10-15(14)18)12-11-13-7-4-3-5-8-13/h3-5,7-8,14-15,17-18H,6,9-12H2,1-2H3/t14-,15-/m0/s1. The third-order valence-electron chi connectivity index (χ3n) is 3.94. The van der Waals surface area contributed by atoms with Crippen molar-refractivity contribution in [3.8, 4) is 0 Å². The Labute approximate surface area is 110 Å². The molecule has 1 aliphatic carbocycles. The van der Waals surface area contributed by atoms with E-state index in [4.69, 9.17) is 0 Å². The van der Waals surface area contributed by atoms with Gasteiger partial charge in [-0.1, -0.05) is 30.3 Å². The second-order valence-electron chi connectivity index (χ2n) is 6.12. The summed E-state index contributed by atoms with van der Waals surface area (Å²) in [5.74, 6) is 0. The fraction of sp³-hybridized carbons (Fsp3) is 0.625. The van der Waals surface area contributed by atoms with Crippen LogP contribution in [0.25, 0.3) is 0 Å². The molecule has 0 bridgehead atoms. The third kappa shape index (κ3) is 3.82. The molecule has 18 heavy (non-hydrogen) atoms. The molecule has 100 valence electrons. The first-order valence-corrected chi connectivity index (χ1v) is 7.06. The summed E-state index contributed by atoms with van der Waals surface area (Å²) in [5.41, 5.74) is 1.48. The number of hydrogen-bond donors (Lipinski definition) is 2. The lowest BCUT2D eigenvalue weighted by molar-refractivity contribution is 0.130. The van der Waals surface area contributed by atoms with E-state index in [1.54, 1.807) is 0 Å². The summed E-state index contributed by atoms with van der Waals surface area (Å²) in [6.45, 7) is 4.47. The molecule has 2 N–H and O–H groups in total. The minimum Gasteiger partial charge on any atom is -0.392 e. The molecule has 1 aliphatic rings. The Balaban J connectivity index is 1.83. The molecule has 1 aromatic rings. The van der Waals surface area contributed by atoms with Crippen LogP contribution in [-0.4, -0.2) is 22.8 Å². The molecule has 0 aromatic heterocycles. The van der Waals surface area contributed by atoms with Gasteiger partial charge in [0.15, 0.2) is 0 Å². The number of aliphatic hydroxyl groups excluding tert-OH is 1. The van der Waals surface area contributed by atoms with Crippen LogP contribution in [0.2, 0.25) is 0 Å². The highest BCUT2D eigenvalue weighted by Crippen LogP contribution is 2.23. The predicted molar refractivity (Wildman–Crippen MR) is 75.6 cm³/mol. The molecule has 2 heteroatoms. The zero-order valence-electron chi connectivity index (χ0n) is 11.5. The lowest BCUT2D eigenvalue weighted by atomic mass is 9.94. The number of nitrogens with one attached hydrogen (secondary N) is 1. The maximum absolute atomic E-state index is 9.88. The van der Waals surface area contributed by atoms with Crippen molar-refractivity contribution >= 4 is 0 Å². The van der Waals surface area contributed by atoms with Crippen molar-refractivity contribution in [2.24, 2.45) is 0 Å². The number of rotatable bonds is 5. The molecule has 0 amide bonds. The van der Waals surface area contributed by atoms with Crippen LogP contribution < -0.4 is 5.32 Å². The first-order chi connectivity index (χ1) is 8.57. The maximum atomic E-state index is 9.88. The van der Waals surface area contributed by atoms with E-state index >= 15 is 0 Å². The average Bonchev–Trinajstić information content (AvgIpc) is 2.73. The quantitative estimate of drug-likeness (QED) is 0.838. The zero-order chi connectivity index (χ0) is 13.0. The summed E-state index contributed by atoms with van der Waals surface area (Å²) in [6, 6.07) is 10.9. The molecule has 0 spiro atoms. The van der Waals surface area contributed by atoms with Gasteiger partial charge in [-0.3, -0.25) is 0 Å². The van der Waals surface area contributed by atoms with Crippen molar-refractivity contribution in [2.45, 2.75) is 63.6 Å². The van der Waals surface area contributed by atoms with Crippen LogP contribution in [0.15, 0.2) is 30.3 Å². The van der Waals surface area contributed by atoms with Crippen molar-refractivity contribution in [1.29, 1.82) is 0 Å². The molecule has 2 nitrogen and oxygen atoms in total. The van der Waals surface area contributed by atoms with Gasteiger partial charge in [0.05, 0.1) is 6.10 Å². The minimum absolute atomic E-state index is 0.0891. The van der Waals surface area contributed by atoms with Gasteiger partial charge >= 0.3 is 0 Å². The van der Waals surface area contributed by atoms with Crippen LogP contribution in [0.4, 0.5) is 0 Å². The first kappa shape index (κ1) is 13.6. The van der Waals surface area contributed by atoms with Crippen LogP contribution in [0.5, 0.6) is 0 Å². The van der Waals surface area contributed by atoms with Crippen LogP contribution in [0.3, 0.4) is 0 Å². The second kappa shape index (κ2) is 5.85. The highest BCUT2D eigenvalue weighted by molar-refractivity contribution is 5.15. The van der Waals surface area contributed by atoms with Gasteiger partial charge in [-0.25, -0.2) is 0 Å². The van der Waals surface area contributed by atoms with Gasteiger partial charge in [0.25, 0.3) is 0 Å². The molecule has 0 aliphatic heterocycles. The molecule has 0 radical (unpaired) electrons. The predicted octanol–water partition coefficient (Wildman–Crippen LogP) is 2.90. The molecule has 0 unspecified atom stereocenters. The molecular weight excluding hydrogens is 222 g/mol. The smallest absolute Gasteiger partial charge is 0.0693 e. The topological polar surface area (TPSA) is 32.3 Å². The summed E-state index contributed by atoms with van der Waals surface area (Å²) < 4.78 is 0. The van der Waals surface area contributed by atoms with E-state index in [2.05, 4.69) is 49.5 Å². The number of hydrogen-bond acceptors (Lipinski definition) is 2. The van der Waals surface area contributed by atoms with Gasteiger partial charge < -0.3 is 10.4 Å². The fourth-order valence-corrected chi connectivity index (χ4v) is 2.78. The van der Waals surface area contributed by atoms with Crippen LogP contribution >= 0.6 is 0 Å². The zero-order valence-corrected chi connectivity index (χ0v) is 11.5. The highest BCUT2D eigenvalue weighted by Gasteiger charge is 2.30. The highest BCUT2D eigenvalue weighted by atomic mass is 16.3. The van der Waals surface area contributed by atoms with E-state index in [0.717, 1.165) is 32.1 Å².